The van der Waals surface area contributed by atoms with Crippen LogP contribution < -0.4 is 4.87 Å². The van der Waals surface area contributed by atoms with Crippen molar-refractivity contribution < 1.29 is 18.7 Å². The van der Waals surface area contributed by atoms with Gasteiger partial charge in [0.15, 0.2) is 11.1 Å². The van der Waals surface area contributed by atoms with Gasteiger partial charge in [-0.1, -0.05) is 11.3 Å². The third-order valence-electron chi connectivity index (χ3n) is 2.31. The van der Waals surface area contributed by atoms with Crippen molar-refractivity contribution in [3.05, 3.63) is 21.8 Å². The number of H-pyrrole nitrogens is 1. The van der Waals surface area contributed by atoms with E-state index in [0.29, 0.717) is 15.9 Å². The number of rotatable bonds is 5. The highest BCUT2D eigenvalue weighted by Gasteiger charge is 2.13. The lowest BCUT2D eigenvalue weighted by molar-refractivity contribution is -0.136. The van der Waals surface area contributed by atoms with E-state index in [-0.39, 0.29) is 22.7 Å². The van der Waals surface area contributed by atoms with Gasteiger partial charge in [0, 0.05) is 0 Å². The molecule has 0 fully saturated rings. The second-order valence-corrected chi connectivity index (χ2v) is 5.58. The van der Waals surface area contributed by atoms with E-state index in [2.05, 4.69) is 15.2 Å². The maximum atomic E-state index is 11.4. The van der Waals surface area contributed by atoms with E-state index in [1.807, 2.05) is 0 Å². The van der Waals surface area contributed by atoms with Crippen molar-refractivity contribution in [1.82, 2.24) is 4.98 Å². The molecule has 1 heterocycles. The molecule has 1 aromatic carbocycles. The van der Waals surface area contributed by atoms with Gasteiger partial charge in [0.2, 0.25) is 0 Å². The van der Waals surface area contributed by atoms with Crippen molar-refractivity contribution in [2.45, 2.75) is 11.3 Å². The number of aliphatic carboxylic acids is 1. The molecule has 2 aromatic rings. The number of nitrogens with one attached hydrogen (secondary N) is 1. The van der Waals surface area contributed by atoms with E-state index in [1.54, 1.807) is 0 Å². The van der Waals surface area contributed by atoms with E-state index < -0.39 is 17.0 Å². The molecular weight excluding hydrogens is 306 g/mol. The Hall–Kier alpha value is -1.91. The lowest BCUT2D eigenvalue weighted by Crippen LogP contribution is -1.95. The summed E-state index contributed by atoms with van der Waals surface area (Å²) in [6.07, 6.45) is -0.147. The normalized spacial score (nSPS) is 13.1. The third-order valence-corrected chi connectivity index (χ3v) is 4.07. The van der Waals surface area contributed by atoms with Crippen molar-refractivity contribution in [1.29, 1.82) is 0 Å². The van der Waals surface area contributed by atoms with Gasteiger partial charge in [0.25, 0.3) is 0 Å². The highest BCUT2D eigenvalue weighted by atomic mass is 32.2. The second-order valence-electron chi connectivity index (χ2n) is 3.66. The van der Waals surface area contributed by atoms with Crippen LogP contribution >= 0.6 is 11.3 Å². The molecule has 1 unspecified atom stereocenters. The quantitative estimate of drug-likeness (QED) is 0.571. The smallest absolute Gasteiger partial charge is 0.305 e. The number of aromatic nitrogens is 1. The van der Waals surface area contributed by atoms with Crippen LogP contribution in [0.4, 0.5) is 5.69 Å². The first kappa shape index (κ1) is 14.5. The van der Waals surface area contributed by atoms with Crippen molar-refractivity contribution in [3.8, 4) is 0 Å². The van der Waals surface area contributed by atoms with Crippen LogP contribution in [0, 0.1) is 0 Å². The number of benzene rings is 1. The maximum absolute atomic E-state index is 11.4. The molecule has 1 atom stereocenters. The summed E-state index contributed by atoms with van der Waals surface area (Å²) < 4.78 is 20.6. The van der Waals surface area contributed by atoms with Gasteiger partial charge in [-0.2, -0.15) is 10.2 Å². The molecule has 0 saturated heterocycles. The van der Waals surface area contributed by atoms with Crippen LogP contribution in [0.2, 0.25) is 0 Å². The Balaban J connectivity index is 2.40. The highest BCUT2D eigenvalue weighted by molar-refractivity contribution is 7.79. The minimum Gasteiger partial charge on any atom is -0.481 e. The summed E-state index contributed by atoms with van der Waals surface area (Å²) in [4.78, 5) is 24.0. The molecule has 0 spiro atoms. The van der Waals surface area contributed by atoms with E-state index in [4.69, 9.17) is 9.66 Å². The van der Waals surface area contributed by atoms with E-state index in [0.717, 1.165) is 11.3 Å². The lowest BCUT2D eigenvalue weighted by Gasteiger charge is -1.99. The molecule has 0 radical (unpaired) electrons. The number of nitrogens with zero attached hydrogens (tertiary/aromatic N) is 2. The summed E-state index contributed by atoms with van der Waals surface area (Å²) in [5.41, 5.74) is 0.636. The minimum atomic E-state index is -2.21. The van der Waals surface area contributed by atoms with E-state index in [1.165, 1.54) is 12.1 Å². The molecule has 1 aromatic heterocycles. The number of carboxylic acid groups (broad SMARTS) is 1. The summed E-state index contributed by atoms with van der Waals surface area (Å²) in [6.45, 7) is 0.0128. The second kappa shape index (κ2) is 6.03. The number of carbonyl (C=O) groups is 1. The number of hydrogen-bond acceptors (Lipinski definition) is 6. The zero-order valence-electron chi connectivity index (χ0n) is 9.90. The monoisotopic (exact) mass is 315 g/mol. The lowest BCUT2D eigenvalue weighted by atomic mass is 10.3. The molecule has 0 aliphatic rings. The molecule has 3 N–H and O–H groups in total. The molecule has 0 bridgehead atoms. The standard InChI is InChI=1S/C10H9N3O5S2/c14-7(15)3-4-11-13-5-1-2-6(20(17)18)9-8(5)12-10(16)19-9/h1-2H,3-4H2,(H,12,16)(H,14,15)(H,17,18). The van der Waals surface area contributed by atoms with Crippen LogP contribution in [0.3, 0.4) is 0 Å². The molecule has 106 valence electrons. The Labute approximate surface area is 118 Å². The first-order chi connectivity index (χ1) is 9.49. The van der Waals surface area contributed by atoms with Gasteiger partial charge < -0.3 is 14.6 Å². The number of hydrogen-bond donors (Lipinski definition) is 3. The van der Waals surface area contributed by atoms with Gasteiger partial charge in [-0.15, -0.1) is 0 Å². The van der Waals surface area contributed by atoms with Crippen molar-refractivity contribution >= 4 is 44.3 Å². The molecule has 8 nitrogen and oxygen atoms in total. The average molecular weight is 315 g/mol. The van der Waals surface area contributed by atoms with Crippen molar-refractivity contribution in [2.75, 3.05) is 6.54 Å². The van der Waals surface area contributed by atoms with Crippen LogP contribution in [0.5, 0.6) is 0 Å². The molecule has 20 heavy (non-hydrogen) atoms. The molecule has 10 heteroatoms. The SMILES string of the molecule is O=C(O)CCN=Nc1ccc(S(=O)O)c2sc(=O)[nH]c12. The average Bonchev–Trinajstić information content (AvgIpc) is 2.75. The Kier molecular flexibility index (Phi) is 4.37. The fraction of sp³-hybridized carbons (Fsp3) is 0.200. The topological polar surface area (TPSA) is 132 Å². The van der Waals surface area contributed by atoms with Gasteiger partial charge in [-0.3, -0.25) is 9.59 Å². The van der Waals surface area contributed by atoms with E-state index >= 15 is 0 Å². The van der Waals surface area contributed by atoms with Crippen LogP contribution in [-0.4, -0.2) is 31.4 Å². The third kappa shape index (κ3) is 3.15. The summed E-state index contributed by atoms with van der Waals surface area (Å²) >= 11 is -1.41. The minimum absolute atomic E-state index is 0.0128. The first-order valence-electron chi connectivity index (χ1n) is 5.35. The number of fused-ring (bicyclic) bond motifs is 1. The summed E-state index contributed by atoms with van der Waals surface area (Å²) in [7, 11) is 0. The van der Waals surface area contributed by atoms with Crippen molar-refractivity contribution in [2.24, 2.45) is 10.2 Å². The number of thiazole rings is 1. The van der Waals surface area contributed by atoms with Gasteiger partial charge in [0.1, 0.15) is 5.69 Å². The van der Waals surface area contributed by atoms with Crippen LogP contribution in [0.25, 0.3) is 10.2 Å². The Bertz CT molecular complexity index is 764. The summed E-state index contributed by atoms with van der Waals surface area (Å²) in [5.74, 6) is -0.982. The summed E-state index contributed by atoms with van der Waals surface area (Å²) in [5, 5.41) is 16.0. The zero-order chi connectivity index (χ0) is 14.7. The van der Waals surface area contributed by atoms with Crippen LogP contribution in [0.1, 0.15) is 6.42 Å². The zero-order valence-corrected chi connectivity index (χ0v) is 11.5. The number of aromatic amines is 1. The molecule has 0 amide bonds. The van der Waals surface area contributed by atoms with E-state index in [9.17, 15) is 13.8 Å². The van der Waals surface area contributed by atoms with Crippen LogP contribution in [0.15, 0.2) is 32.1 Å². The molecule has 0 aliphatic heterocycles. The van der Waals surface area contributed by atoms with Crippen LogP contribution in [-0.2, 0) is 15.9 Å². The predicted octanol–water partition coefficient (Wildman–Crippen LogP) is 1.73. The first-order valence-corrected chi connectivity index (χ1v) is 7.27. The molecule has 0 aliphatic carbocycles. The molecule has 2 rings (SSSR count). The Morgan fingerprint density at radius 2 is 2.20 bits per heavy atom. The van der Waals surface area contributed by atoms with Gasteiger partial charge in [-0.25, -0.2) is 4.21 Å². The fourth-order valence-corrected chi connectivity index (χ4v) is 3.04. The van der Waals surface area contributed by atoms with Gasteiger partial charge in [-0.05, 0) is 12.1 Å². The van der Waals surface area contributed by atoms with Gasteiger partial charge >= 0.3 is 10.8 Å². The summed E-state index contributed by atoms with van der Waals surface area (Å²) in [6, 6.07) is 2.83. The number of carboxylic acids is 1. The highest BCUT2D eigenvalue weighted by Crippen LogP contribution is 2.30. The van der Waals surface area contributed by atoms with Crippen molar-refractivity contribution in [3.63, 3.8) is 0 Å². The van der Waals surface area contributed by atoms with Gasteiger partial charge in [0.05, 0.1) is 28.1 Å². The Morgan fingerprint density at radius 1 is 1.45 bits per heavy atom. The molecule has 0 saturated carbocycles. The maximum Gasteiger partial charge on any atom is 0.305 e. The molecular formula is C10H9N3O5S2. The number of azo groups is 1. The Morgan fingerprint density at radius 3 is 2.85 bits per heavy atom. The largest absolute Gasteiger partial charge is 0.481 e. The predicted molar refractivity (Wildman–Crippen MR) is 73.1 cm³/mol. The fourth-order valence-electron chi connectivity index (χ4n) is 1.49.